The SMILES string of the molecule is N#Cc1ncc(F)cc1C(F)(F)F. The zero-order valence-electron chi connectivity index (χ0n) is 6.06. The van der Waals surface area contributed by atoms with Crippen molar-refractivity contribution in [2.24, 2.45) is 0 Å². The first-order valence-corrected chi connectivity index (χ1v) is 3.08. The first-order chi connectivity index (χ1) is 5.95. The van der Waals surface area contributed by atoms with Crippen molar-refractivity contribution in [2.45, 2.75) is 6.18 Å². The van der Waals surface area contributed by atoms with Gasteiger partial charge < -0.3 is 0 Å². The smallest absolute Gasteiger partial charge is 0.242 e. The minimum Gasteiger partial charge on any atom is -0.242 e. The van der Waals surface area contributed by atoms with Crippen molar-refractivity contribution >= 4 is 0 Å². The molecule has 1 aromatic heterocycles. The molecule has 0 fully saturated rings. The molecule has 0 aromatic carbocycles. The van der Waals surface area contributed by atoms with Crippen LogP contribution >= 0.6 is 0 Å². The van der Waals surface area contributed by atoms with Crippen molar-refractivity contribution in [3.05, 3.63) is 29.3 Å². The summed E-state index contributed by atoms with van der Waals surface area (Å²) < 4.78 is 48.5. The van der Waals surface area contributed by atoms with Crippen LogP contribution in [0.3, 0.4) is 0 Å². The minimum absolute atomic E-state index is 0.242. The van der Waals surface area contributed by atoms with Gasteiger partial charge in [-0.25, -0.2) is 9.37 Å². The van der Waals surface area contributed by atoms with E-state index in [0.717, 1.165) is 0 Å². The normalized spacial score (nSPS) is 11.0. The van der Waals surface area contributed by atoms with Crippen LogP contribution in [0.4, 0.5) is 17.6 Å². The third kappa shape index (κ3) is 1.93. The van der Waals surface area contributed by atoms with E-state index in [0.29, 0.717) is 6.20 Å². The van der Waals surface area contributed by atoms with E-state index in [1.165, 1.54) is 6.07 Å². The van der Waals surface area contributed by atoms with Gasteiger partial charge in [-0.05, 0) is 6.07 Å². The van der Waals surface area contributed by atoms with Crippen LogP contribution in [-0.2, 0) is 6.18 Å². The van der Waals surface area contributed by atoms with Crippen LogP contribution in [-0.4, -0.2) is 4.98 Å². The van der Waals surface area contributed by atoms with Crippen molar-refractivity contribution in [1.82, 2.24) is 4.98 Å². The van der Waals surface area contributed by atoms with Gasteiger partial charge in [-0.1, -0.05) is 0 Å². The van der Waals surface area contributed by atoms with Crippen molar-refractivity contribution in [2.75, 3.05) is 0 Å². The average Bonchev–Trinajstić information content (AvgIpc) is 2.03. The summed E-state index contributed by atoms with van der Waals surface area (Å²) in [6.45, 7) is 0. The minimum atomic E-state index is -4.75. The van der Waals surface area contributed by atoms with Gasteiger partial charge in [-0.3, -0.25) is 0 Å². The van der Waals surface area contributed by atoms with Gasteiger partial charge in [0.1, 0.15) is 11.9 Å². The fourth-order valence-electron chi connectivity index (χ4n) is 0.744. The maximum atomic E-state index is 12.3. The third-order valence-corrected chi connectivity index (χ3v) is 1.27. The average molecular weight is 190 g/mol. The second kappa shape index (κ2) is 3.01. The highest BCUT2D eigenvalue weighted by Crippen LogP contribution is 2.31. The number of hydrogen-bond acceptors (Lipinski definition) is 2. The first-order valence-electron chi connectivity index (χ1n) is 3.08. The molecule has 0 radical (unpaired) electrons. The second-order valence-corrected chi connectivity index (χ2v) is 2.16. The van der Waals surface area contributed by atoms with E-state index in [-0.39, 0.29) is 6.07 Å². The van der Waals surface area contributed by atoms with Crippen LogP contribution in [0.25, 0.3) is 0 Å². The molecule has 68 valence electrons. The van der Waals surface area contributed by atoms with Gasteiger partial charge in [0, 0.05) is 0 Å². The molecule has 0 aliphatic carbocycles. The van der Waals surface area contributed by atoms with E-state index in [1.807, 2.05) is 0 Å². The lowest BCUT2D eigenvalue weighted by Crippen LogP contribution is -2.09. The highest BCUT2D eigenvalue weighted by Gasteiger charge is 2.34. The highest BCUT2D eigenvalue weighted by atomic mass is 19.4. The monoisotopic (exact) mass is 190 g/mol. The Morgan fingerprint density at radius 2 is 2.00 bits per heavy atom. The van der Waals surface area contributed by atoms with Crippen molar-refractivity contribution in [1.29, 1.82) is 5.26 Å². The lowest BCUT2D eigenvalue weighted by Gasteiger charge is -2.06. The Morgan fingerprint density at radius 3 is 2.46 bits per heavy atom. The third-order valence-electron chi connectivity index (χ3n) is 1.27. The lowest BCUT2D eigenvalue weighted by atomic mass is 10.2. The Labute approximate surface area is 70.4 Å². The molecule has 2 nitrogen and oxygen atoms in total. The summed E-state index contributed by atoms with van der Waals surface area (Å²) in [7, 11) is 0. The summed E-state index contributed by atoms with van der Waals surface area (Å²) in [5, 5.41) is 8.24. The van der Waals surface area contributed by atoms with Gasteiger partial charge in [0.2, 0.25) is 0 Å². The number of hydrogen-bond donors (Lipinski definition) is 0. The number of nitriles is 1. The van der Waals surface area contributed by atoms with Crippen molar-refractivity contribution < 1.29 is 17.6 Å². The molecule has 0 bridgehead atoms. The van der Waals surface area contributed by atoms with Crippen LogP contribution in [0.1, 0.15) is 11.3 Å². The van der Waals surface area contributed by atoms with Crippen LogP contribution in [0, 0.1) is 17.1 Å². The van der Waals surface area contributed by atoms with E-state index >= 15 is 0 Å². The quantitative estimate of drug-likeness (QED) is 0.587. The zero-order chi connectivity index (χ0) is 10.1. The van der Waals surface area contributed by atoms with Gasteiger partial charge in [0.05, 0.1) is 11.8 Å². The number of aromatic nitrogens is 1. The highest BCUT2D eigenvalue weighted by molar-refractivity contribution is 5.33. The van der Waals surface area contributed by atoms with E-state index < -0.39 is 23.3 Å². The van der Waals surface area contributed by atoms with Gasteiger partial charge in [-0.2, -0.15) is 18.4 Å². The molecule has 13 heavy (non-hydrogen) atoms. The molecule has 0 aliphatic heterocycles. The molecule has 0 saturated carbocycles. The Morgan fingerprint density at radius 1 is 1.38 bits per heavy atom. The first kappa shape index (κ1) is 9.45. The van der Waals surface area contributed by atoms with Crippen molar-refractivity contribution in [3.63, 3.8) is 0 Å². The predicted octanol–water partition coefficient (Wildman–Crippen LogP) is 2.11. The van der Waals surface area contributed by atoms with Gasteiger partial charge in [-0.15, -0.1) is 0 Å². The Kier molecular flexibility index (Phi) is 2.19. The molecule has 0 atom stereocenters. The molecule has 0 N–H and O–H groups in total. The van der Waals surface area contributed by atoms with Crippen LogP contribution in [0.2, 0.25) is 0 Å². The predicted molar refractivity (Wildman–Crippen MR) is 33.9 cm³/mol. The van der Waals surface area contributed by atoms with Gasteiger partial charge in [0.15, 0.2) is 5.69 Å². The van der Waals surface area contributed by atoms with E-state index in [2.05, 4.69) is 4.98 Å². The summed E-state index contributed by atoms with van der Waals surface area (Å²) >= 11 is 0. The standard InChI is InChI=1S/C7H2F4N2/c8-4-1-5(7(9,10)11)6(2-12)13-3-4/h1,3H. The van der Waals surface area contributed by atoms with Crippen LogP contribution in [0.5, 0.6) is 0 Å². The number of pyridine rings is 1. The molecular weight excluding hydrogens is 188 g/mol. The summed E-state index contributed by atoms with van der Waals surface area (Å²) in [5.41, 5.74) is -2.18. The molecule has 1 aromatic rings. The Hall–Kier alpha value is -1.64. The molecule has 1 rings (SSSR count). The molecule has 0 unspecified atom stereocenters. The van der Waals surface area contributed by atoms with E-state index in [9.17, 15) is 17.6 Å². The lowest BCUT2D eigenvalue weighted by molar-refractivity contribution is -0.138. The number of alkyl halides is 3. The summed E-state index contributed by atoms with van der Waals surface area (Å²) in [6.07, 6.45) is -4.19. The number of nitrogens with zero attached hydrogens (tertiary/aromatic N) is 2. The fourth-order valence-corrected chi connectivity index (χ4v) is 0.744. The maximum Gasteiger partial charge on any atom is 0.419 e. The fraction of sp³-hybridized carbons (Fsp3) is 0.143. The van der Waals surface area contributed by atoms with Crippen LogP contribution < -0.4 is 0 Å². The Bertz CT molecular complexity index is 364. The molecule has 1 heterocycles. The second-order valence-electron chi connectivity index (χ2n) is 2.16. The summed E-state index contributed by atoms with van der Waals surface area (Å²) in [5.74, 6) is -1.12. The molecule has 0 spiro atoms. The van der Waals surface area contributed by atoms with E-state index in [4.69, 9.17) is 5.26 Å². The van der Waals surface area contributed by atoms with Gasteiger partial charge in [0.25, 0.3) is 0 Å². The van der Waals surface area contributed by atoms with E-state index in [1.54, 1.807) is 0 Å². The Balaban J connectivity index is 3.35. The van der Waals surface area contributed by atoms with Crippen molar-refractivity contribution in [3.8, 4) is 6.07 Å². The van der Waals surface area contributed by atoms with Crippen LogP contribution in [0.15, 0.2) is 12.3 Å². The molecule has 6 heteroatoms. The molecular formula is C7H2F4N2. The molecule has 0 saturated heterocycles. The molecule has 0 aliphatic rings. The summed E-state index contributed by atoms with van der Waals surface area (Å²) in [6, 6.07) is 1.47. The van der Waals surface area contributed by atoms with Gasteiger partial charge >= 0.3 is 6.18 Å². The zero-order valence-corrected chi connectivity index (χ0v) is 6.06. The number of halogens is 4. The topological polar surface area (TPSA) is 36.7 Å². The largest absolute Gasteiger partial charge is 0.419 e. The number of rotatable bonds is 0. The summed E-state index contributed by atoms with van der Waals surface area (Å²) in [4.78, 5) is 3.01. The molecule has 0 amide bonds. The maximum absolute atomic E-state index is 12.3.